The first-order chi connectivity index (χ1) is 8.90. The number of halogens is 1. The molecule has 6 nitrogen and oxygen atoms in total. The third-order valence-corrected chi connectivity index (χ3v) is 3.20. The van der Waals surface area contributed by atoms with Gasteiger partial charge in [-0.25, -0.2) is 0 Å². The zero-order valence-electron chi connectivity index (χ0n) is 12.1. The summed E-state index contributed by atoms with van der Waals surface area (Å²) >= 11 is 0. The number of carbonyl (C=O) groups is 1. The smallest absolute Gasteiger partial charge is 0.253 e. The molecule has 20 heavy (non-hydrogen) atoms. The van der Waals surface area contributed by atoms with E-state index < -0.39 is 6.10 Å². The van der Waals surface area contributed by atoms with Crippen LogP contribution in [0.3, 0.4) is 0 Å². The lowest BCUT2D eigenvalue weighted by Crippen LogP contribution is -2.29. The van der Waals surface area contributed by atoms with Crippen LogP contribution in [0.2, 0.25) is 0 Å². The molecule has 0 saturated carbocycles. The number of nitrogens with two attached hydrogens (primary N) is 1. The largest absolute Gasteiger partial charge is 0.364 e. The van der Waals surface area contributed by atoms with E-state index >= 15 is 0 Å². The van der Waals surface area contributed by atoms with Crippen molar-refractivity contribution < 1.29 is 9.53 Å². The summed E-state index contributed by atoms with van der Waals surface area (Å²) in [6.45, 7) is 6.62. The molecule has 1 aliphatic rings. The summed E-state index contributed by atoms with van der Waals surface area (Å²) in [4.78, 5) is 12.0. The number of nitrogens with zero attached hydrogens (tertiary/aromatic N) is 2. The Bertz CT molecular complexity index is 455. The quantitative estimate of drug-likeness (QED) is 0.886. The molecule has 1 fully saturated rings. The van der Waals surface area contributed by atoms with Crippen molar-refractivity contribution in [3.63, 3.8) is 0 Å². The number of anilines is 1. The zero-order valence-corrected chi connectivity index (χ0v) is 12.9. The van der Waals surface area contributed by atoms with Gasteiger partial charge in [0.2, 0.25) is 0 Å². The molecule has 0 spiro atoms. The number of nitrogens with one attached hydrogen (secondary N) is 1. The molecule has 1 aromatic heterocycles. The highest BCUT2D eigenvalue weighted by Crippen LogP contribution is 2.21. The molecule has 2 heterocycles. The van der Waals surface area contributed by atoms with E-state index in [4.69, 9.17) is 10.5 Å². The Morgan fingerprint density at radius 2 is 2.25 bits per heavy atom. The highest BCUT2D eigenvalue weighted by Gasteiger charge is 2.30. The lowest BCUT2D eigenvalue weighted by Gasteiger charge is -2.18. The van der Waals surface area contributed by atoms with Crippen molar-refractivity contribution in [2.75, 3.05) is 11.9 Å². The maximum atomic E-state index is 12.0. The van der Waals surface area contributed by atoms with Crippen LogP contribution in [0.25, 0.3) is 0 Å². The summed E-state index contributed by atoms with van der Waals surface area (Å²) in [5.41, 5.74) is 6.12. The Kier molecular flexibility index (Phi) is 5.56. The molecule has 1 aliphatic heterocycles. The van der Waals surface area contributed by atoms with E-state index in [9.17, 15) is 4.79 Å². The summed E-state index contributed by atoms with van der Waals surface area (Å²) in [6, 6.07) is 0. The number of carbonyl (C=O) groups excluding carboxylic acids is 1. The van der Waals surface area contributed by atoms with Crippen molar-refractivity contribution in [1.82, 2.24) is 9.78 Å². The van der Waals surface area contributed by atoms with Crippen LogP contribution in [0.4, 0.5) is 5.69 Å². The number of hydrogen-bond donors (Lipinski definition) is 2. The molecular weight excluding hydrogens is 280 g/mol. The fourth-order valence-electron chi connectivity index (χ4n) is 2.05. The Hall–Kier alpha value is -1.11. The molecule has 0 aromatic carbocycles. The van der Waals surface area contributed by atoms with Gasteiger partial charge >= 0.3 is 0 Å². The van der Waals surface area contributed by atoms with Crippen LogP contribution < -0.4 is 11.1 Å². The van der Waals surface area contributed by atoms with E-state index in [1.54, 1.807) is 6.20 Å². The number of amides is 1. The van der Waals surface area contributed by atoms with E-state index in [2.05, 4.69) is 31.2 Å². The second kappa shape index (κ2) is 6.56. The third kappa shape index (κ3) is 3.94. The molecule has 0 bridgehead atoms. The highest BCUT2D eigenvalue weighted by atomic mass is 35.5. The van der Waals surface area contributed by atoms with Gasteiger partial charge in [0.05, 0.1) is 23.5 Å². The maximum Gasteiger partial charge on any atom is 0.253 e. The topological polar surface area (TPSA) is 82.2 Å². The van der Waals surface area contributed by atoms with Crippen LogP contribution in [0.5, 0.6) is 0 Å². The Balaban J connectivity index is 0.00000200. The third-order valence-electron chi connectivity index (χ3n) is 3.20. The summed E-state index contributed by atoms with van der Waals surface area (Å²) in [5.74, 6) is -0.121. The van der Waals surface area contributed by atoms with Gasteiger partial charge in [-0.3, -0.25) is 9.48 Å². The van der Waals surface area contributed by atoms with E-state index in [0.29, 0.717) is 12.2 Å². The normalized spacial score (nSPS) is 22.4. The van der Waals surface area contributed by atoms with Crippen LogP contribution in [-0.4, -0.2) is 34.4 Å². The van der Waals surface area contributed by atoms with Crippen molar-refractivity contribution in [2.24, 2.45) is 5.73 Å². The van der Waals surface area contributed by atoms with Gasteiger partial charge < -0.3 is 15.8 Å². The van der Waals surface area contributed by atoms with Crippen LogP contribution >= 0.6 is 12.4 Å². The van der Waals surface area contributed by atoms with Gasteiger partial charge in [0.1, 0.15) is 6.10 Å². The van der Waals surface area contributed by atoms with Gasteiger partial charge in [-0.05, 0) is 33.6 Å². The van der Waals surface area contributed by atoms with Crippen molar-refractivity contribution >= 4 is 24.0 Å². The Morgan fingerprint density at radius 1 is 1.55 bits per heavy atom. The molecule has 1 aromatic rings. The standard InChI is InChI=1S/C13H22N4O2.ClH/c1-13(2,3)17-8-9(7-15-17)16-12(18)11-5-4-10(6-14)19-11;/h7-8,10-11H,4-6,14H2,1-3H3,(H,16,18);1H/t10-,11+;/m1./s1. The maximum absolute atomic E-state index is 12.0. The summed E-state index contributed by atoms with van der Waals surface area (Å²) in [5, 5.41) is 7.07. The van der Waals surface area contributed by atoms with Gasteiger partial charge in [-0.2, -0.15) is 5.10 Å². The van der Waals surface area contributed by atoms with Crippen LogP contribution in [0, 0.1) is 0 Å². The lowest BCUT2D eigenvalue weighted by molar-refractivity contribution is -0.126. The Labute approximate surface area is 125 Å². The second-order valence-corrected chi connectivity index (χ2v) is 5.89. The minimum atomic E-state index is -0.397. The molecule has 114 valence electrons. The molecule has 2 rings (SSSR count). The van der Waals surface area contributed by atoms with Gasteiger partial charge in [0.25, 0.3) is 5.91 Å². The van der Waals surface area contributed by atoms with Crippen molar-refractivity contribution in [2.45, 2.75) is 51.4 Å². The van der Waals surface area contributed by atoms with E-state index in [1.165, 1.54) is 0 Å². The van der Waals surface area contributed by atoms with Crippen molar-refractivity contribution in [1.29, 1.82) is 0 Å². The fraction of sp³-hybridized carbons (Fsp3) is 0.692. The predicted octanol–water partition coefficient (Wildman–Crippen LogP) is 1.50. The van der Waals surface area contributed by atoms with E-state index in [0.717, 1.165) is 12.8 Å². The van der Waals surface area contributed by atoms with Gasteiger partial charge in [-0.1, -0.05) is 0 Å². The Morgan fingerprint density at radius 3 is 2.75 bits per heavy atom. The minimum Gasteiger partial charge on any atom is -0.364 e. The van der Waals surface area contributed by atoms with Gasteiger partial charge in [0.15, 0.2) is 0 Å². The molecule has 1 amide bonds. The summed E-state index contributed by atoms with van der Waals surface area (Å²) in [7, 11) is 0. The molecule has 0 aliphatic carbocycles. The zero-order chi connectivity index (χ0) is 14.0. The van der Waals surface area contributed by atoms with Crippen molar-refractivity contribution in [3.8, 4) is 0 Å². The molecule has 0 radical (unpaired) electrons. The highest BCUT2D eigenvalue weighted by molar-refractivity contribution is 5.94. The first-order valence-electron chi connectivity index (χ1n) is 6.61. The van der Waals surface area contributed by atoms with Crippen molar-refractivity contribution in [3.05, 3.63) is 12.4 Å². The van der Waals surface area contributed by atoms with Crippen LogP contribution in [-0.2, 0) is 15.1 Å². The summed E-state index contributed by atoms with van der Waals surface area (Å²) in [6.07, 6.45) is 4.66. The minimum absolute atomic E-state index is 0. The molecule has 7 heteroatoms. The summed E-state index contributed by atoms with van der Waals surface area (Å²) < 4.78 is 7.37. The number of hydrogen-bond acceptors (Lipinski definition) is 4. The molecular formula is C13H23ClN4O2. The van der Waals surface area contributed by atoms with E-state index in [-0.39, 0.29) is 30.0 Å². The van der Waals surface area contributed by atoms with Gasteiger partial charge in [-0.15, -0.1) is 12.4 Å². The molecule has 2 atom stereocenters. The fourth-order valence-corrected chi connectivity index (χ4v) is 2.05. The monoisotopic (exact) mass is 302 g/mol. The lowest BCUT2D eigenvalue weighted by atomic mass is 10.1. The molecule has 3 N–H and O–H groups in total. The SMILES string of the molecule is CC(C)(C)n1cc(NC(=O)[C@@H]2CC[C@H](CN)O2)cn1.Cl. The van der Waals surface area contributed by atoms with Crippen LogP contribution in [0.1, 0.15) is 33.6 Å². The van der Waals surface area contributed by atoms with Gasteiger partial charge in [0, 0.05) is 12.7 Å². The average molecular weight is 303 g/mol. The molecule has 1 saturated heterocycles. The number of aromatic nitrogens is 2. The molecule has 0 unspecified atom stereocenters. The first-order valence-corrected chi connectivity index (χ1v) is 6.61. The predicted molar refractivity (Wildman–Crippen MR) is 80.1 cm³/mol. The second-order valence-electron chi connectivity index (χ2n) is 5.89. The average Bonchev–Trinajstić information content (AvgIpc) is 2.95. The van der Waals surface area contributed by atoms with E-state index in [1.807, 2.05) is 10.9 Å². The number of ether oxygens (including phenoxy) is 1. The van der Waals surface area contributed by atoms with Crippen LogP contribution in [0.15, 0.2) is 12.4 Å². The number of rotatable bonds is 3. The first kappa shape index (κ1) is 16.9.